The Labute approximate surface area is 155 Å². The molecule has 26 heavy (non-hydrogen) atoms. The van der Waals surface area contributed by atoms with Crippen LogP contribution >= 0.6 is 0 Å². The van der Waals surface area contributed by atoms with E-state index in [1.807, 2.05) is 35.0 Å². The fourth-order valence-corrected chi connectivity index (χ4v) is 3.27. The predicted molar refractivity (Wildman–Crippen MR) is 107 cm³/mol. The normalized spacial score (nSPS) is 13.5. The fraction of sp³-hybridized carbons (Fsp3) is 0.333. The maximum absolute atomic E-state index is 12.6. The van der Waals surface area contributed by atoms with Crippen molar-refractivity contribution in [1.29, 1.82) is 0 Å². The van der Waals surface area contributed by atoms with Crippen molar-refractivity contribution in [2.24, 2.45) is 4.99 Å². The van der Waals surface area contributed by atoms with Crippen LogP contribution in [0.3, 0.4) is 0 Å². The molecule has 0 aromatic heterocycles. The van der Waals surface area contributed by atoms with Crippen molar-refractivity contribution in [3.63, 3.8) is 0 Å². The number of nitrogens with zero attached hydrogens (tertiary/aromatic N) is 3. The molecule has 2 aromatic carbocycles. The van der Waals surface area contributed by atoms with Crippen molar-refractivity contribution in [2.45, 2.75) is 19.9 Å². The van der Waals surface area contributed by atoms with Gasteiger partial charge in [-0.05, 0) is 30.5 Å². The van der Waals surface area contributed by atoms with Crippen LogP contribution in [0.5, 0.6) is 0 Å². The number of carbonyl (C=O) groups excluding carboxylic acids is 1. The van der Waals surface area contributed by atoms with Crippen molar-refractivity contribution >= 4 is 17.6 Å². The quantitative estimate of drug-likeness (QED) is 0.681. The molecular weight excluding hydrogens is 324 g/mol. The lowest BCUT2D eigenvalue weighted by molar-refractivity contribution is -0.117. The van der Waals surface area contributed by atoms with Gasteiger partial charge in [0, 0.05) is 32.9 Å². The van der Waals surface area contributed by atoms with E-state index in [4.69, 9.17) is 0 Å². The summed E-state index contributed by atoms with van der Waals surface area (Å²) in [5.74, 6) is 0.784. The van der Waals surface area contributed by atoms with Gasteiger partial charge in [-0.1, -0.05) is 48.0 Å². The first kappa shape index (κ1) is 18.0. The molecule has 0 spiro atoms. The lowest BCUT2D eigenvalue weighted by Crippen LogP contribution is -2.44. The summed E-state index contributed by atoms with van der Waals surface area (Å²) in [4.78, 5) is 20.8. The summed E-state index contributed by atoms with van der Waals surface area (Å²) < 4.78 is 0. The zero-order valence-electron chi connectivity index (χ0n) is 15.7. The lowest BCUT2D eigenvalue weighted by atomic mass is 10.1. The number of amides is 1. The van der Waals surface area contributed by atoms with Crippen LogP contribution in [0.15, 0.2) is 53.5 Å². The Kier molecular flexibility index (Phi) is 5.56. The average Bonchev–Trinajstić information content (AvgIpc) is 3.08. The van der Waals surface area contributed by atoms with E-state index in [2.05, 4.69) is 47.6 Å². The Balaban J connectivity index is 1.57. The van der Waals surface area contributed by atoms with Gasteiger partial charge in [0.1, 0.15) is 0 Å². The molecule has 1 aliphatic rings. The first-order valence-corrected chi connectivity index (χ1v) is 8.94. The molecule has 0 atom stereocenters. The summed E-state index contributed by atoms with van der Waals surface area (Å²) in [6.45, 7) is 3.80. The Morgan fingerprint density at radius 2 is 1.92 bits per heavy atom. The number of hydrogen-bond donors (Lipinski definition) is 1. The van der Waals surface area contributed by atoms with E-state index < -0.39 is 0 Å². The number of benzene rings is 2. The molecule has 0 radical (unpaired) electrons. The predicted octanol–water partition coefficient (Wildman–Crippen LogP) is 2.59. The monoisotopic (exact) mass is 350 g/mol. The number of guanidine groups is 1. The molecule has 1 N–H and O–H groups in total. The molecule has 3 rings (SSSR count). The van der Waals surface area contributed by atoms with Gasteiger partial charge in [0.15, 0.2) is 5.96 Å². The minimum Gasteiger partial charge on any atom is -0.347 e. The second kappa shape index (κ2) is 8.04. The van der Waals surface area contributed by atoms with Crippen LogP contribution in [0.25, 0.3) is 0 Å². The minimum absolute atomic E-state index is 0.0693. The van der Waals surface area contributed by atoms with E-state index in [0.29, 0.717) is 5.96 Å². The van der Waals surface area contributed by atoms with E-state index in [0.717, 1.165) is 25.2 Å². The van der Waals surface area contributed by atoms with Crippen LogP contribution in [0.1, 0.15) is 16.7 Å². The second-order valence-electron chi connectivity index (χ2n) is 6.67. The third-order valence-electron chi connectivity index (χ3n) is 4.70. The van der Waals surface area contributed by atoms with Crippen molar-refractivity contribution in [2.75, 3.05) is 32.1 Å². The zero-order chi connectivity index (χ0) is 18.5. The summed E-state index contributed by atoms with van der Waals surface area (Å²) in [6, 6.07) is 16.5. The Hall–Kier alpha value is -2.82. The molecule has 5 heteroatoms. The highest BCUT2D eigenvalue weighted by atomic mass is 16.2. The number of hydrogen-bond acceptors (Lipinski definition) is 2. The van der Waals surface area contributed by atoms with Crippen molar-refractivity contribution in [3.8, 4) is 0 Å². The molecule has 1 aliphatic heterocycles. The van der Waals surface area contributed by atoms with Crippen molar-refractivity contribution < 1.29 is 4.79 Å². The third kappa shape index (κ3) is 4.04. The molecule has 0 saturated carbocycles. The van der Waals surface area contributed by atoms with Gasteiger partial charge in [0.25, 0.3) is 0 Å². The number of carbonyl (C=O) groups is 1. The van der Waals surface area contributed by atoms with Gasteiger partial charge >= 0.3 is 0 Å². The van der Waals surface area contributed by atoms with Crippen LogP contribution in [-0.2, 0) is 17.8 Å². The van der Waals surface area contributed by atoms with E-state index >= 15 is 0 Å². The van der Waals surface area contributed by atoms with Gasteiger partial charge in [0.05, 0.1) is 6.54 Å². The molecule has 0 unspecified atom stereocenters. The number of aliphatic imine (C=N–C) groups is 1. The second-order valence-corrected chi connectivity index (χ2v) is 6.67. The molecule has 0 aliphatic carbocycles. The van der Waals surface area contributed by atoms with Gasteiger partial charge in [-0.25, -0.2) is 0 Å². The first-order chi connectivity index (χ1) is 12.6. The van der Waals surface area contributed by atoms with E-state index in [1.165, 1.54) is 16.7 Å². The van der Waals surface area contributed by atoms with Crippen molar-refractivity contribution in [3.05, 3.63) is 65.2 Å². The average molecular weight is 350 g/mol. The summed E-state index contributed by atoms with van der Waals surface area (Å²) >= 11 is 0. The van der Waals surface area contributed by atoms with Crippen LogP contribution < -0.4 is 10.2 Å². The summed E-state index contributed by atoms with van der Waals surface area (Å²) in [6.07, 6.45) is 0.921. The third-order valence-corrected chi connectivity index (χ3v) is 4.70. The van der Waals surface area contributed by atoms with Gasteiger partial charge in [-0.15, -0.1) is 0 Å². The Bertz CT molecular complexity index is 798. The lowest BCUT2D eigenvalue weighted by Gasteiger charge is -2.23. The zero-order valence-corrected chi connectivity index (χ0v) is 15.7. The highest BCUT2D eigenvalue weighted by Crippen LogP contribution is 2.27. The summed E-state index contributed by atoms with van der Waals surface area (Å²) in [7, 11) is 3.72. The minimum atomic E-state index is 0.0693. The molecule has 5 nitrogen and oxygen atoms in total. The molecule has 0 saturated heterocycles. The summed E-state index contributed by atoms with van der Waals surface area (Å²) in [5.41, 5.74) is 4.72. The number of aryl methyl sites for hydroxylation is 1. The maximum Gasteiger partial charge on any atom is 0.246 e. The van der Waals surface area contributed by atoms with Gasteiger partial charge < -0.3 is 15.1 Å². The van der Waals surface area contributed by atoms with Crippen LogP contribution in [0.2, 0.25) is 0 Å². The molecule has 0 bridgehead atoms. The maximum atomic E-state index is 12.6. The van der Waals surface area contributed by atoms with E-state index in [1.54, 1.807) is 7.05 Å². The number of anilines is 1. The molecule has 2 aromatic rings. The first-order valence-electron chi connectivity index (χ1n) is 8.94. The summed E-state index contributed by atoms with van der Waals surface area (Å²) in [5, 5.41) is 3.19. The number of rotatable bonds is 4. The highest BCUT2D eigenvalue weighted by molar-refractivity contribution is 5.98. The van der Waals surface area contributed by atoms with Crippen LogP contribution in [0, 0.1) is 6.92 Å². The number of nitrogens with one attached hydrogen (secondary N) is 1. The Morgan fingerprint density at radius 1 is 1.19 bits per heavy atom. The smallest absolute Gasteiger partial charge is 0.246 e. The van der Waals surface area contributed by atoms with Gasteiger partial charge in [-0.2, -0.15) is 0 Å². The molecule has 0 fully saturated rings. The van der Waals surface area contributed by atoms with E-state index in [9.17, 15) is 4.79 Å². The van der Waals surface area contributed by atoms with Crippen molar-refractivity contribution in [1.82, 2.24) is 10.2 Å². The van der Waals surface area contributed by atoms with Crippen LogP contribution in [0.4, 0.5) is 5.69 Å². The molecule has 1 heterocycles. The van der Waals surface area contributed by atoms with E-state index in [-0.39, 0.29) is 12.5 Å². The standard InChI is InChI=1S/C21H26N4O/c1-16-8-10-17(11-9-16)15-24(3)21(22-2)23-14-20(26)25-13-12-18-6-4-5-7-19(18)25/h4-11H,12-15H2,1-3H3,(H,22,23). The SMILES string of the molecule is CN=C(NCC(=O)N1CCc2ccccc21)N(C)Cc1ccc(C)cc1. The molecule has 1 amide bonds. The Morgan fingerprint density at radius 3 is 2.65 bits per heavy atom. The highest BCUT2D eigenvalue weighted by Gasteiger charge is 2.24. The topological polar surface area (TPSA) is 47.9 Å². The van der Waals surface area contributed by atoms with Gasteiger partial charge in [0.2, 0.25) is 5.91 Å². The number of para-hydroxylation sites is 1. The fourth-order valence-electron chi connectivity index (χ4n) is 3.27. The molecular formula is C21H26N4O. The van der Waals surface area contributed by atoms with Crippen LogP contribution in [-0.4, -0.2) is 44.0 Å². The van der Waals surface area contributed by atoms with Gasteiger partial charge in [-0.3, -0.25) is 9.79 Å². The molecule has 136 valence electrons. The largest absolute Gasteiger partial charge is 0.347 e. The number of fused-ring (bicyclic) bond motifs is 1.